The lowest BCUT2D eigenvalue weighted by molar-refractivity contribution is 0.123. The molecule has 0 bridgehead atoms. The van der Waals surface area contributed by atoms with Crippen molar-refractivity contribution >= 4 is 0 Å². The highest BCUT2D eigenvalue weighted by atomic mass is 15.3. The van der Waals surface area contributed by atoms with Gasteiger partial charge in [0, 0.05) is 44.0 Å². The van der Waals surface area contributed by atoms with Crippen molar-refractivity contribution in [3.05, 3.63) is 18.0 Å². The number of aryl methyl sites for hydroxylation is 1. The van der Waals surface area contributed by atoms with Crippen molar-refractivity contribution in [3.8, 4) is 0 Å². The van der Waals surface area contributed by atoms with E-state index >= 15 is 0 Å². The van der Waals surface area contributed by atoms with Crippen LogP contribution in [0.25, 0.3) is 0 Å². The Morgan fingerprint density at radius 3 is 2.88 bits per heavy atom. The van der Waals surface area contributed by atoms with Crippen LogP contribution in [0.15, 0.2) is 12.4 Å². The Hall–Kier alpha value is -0.870. The standard InChI is InChI=1S/C12H22N4/c1-2-16-10-11(8-14-16)9-15(7-6-13)12-4-3-5-12/h8,10,12H,2-7,9,13H2,1H3. The number of hydrogen-bond acceptors (Lipinski definition) is 3. The maximum atomic E-state index is 5.67. The van der Waals surface area contributed by atoms with Gasteiger partial charge in [0.2, 0.25) is 0 Å². The highest BCUT2D eigenvalue weighted by Gasteiger charge is 2.24. The molecule has 0 radical (unpaired) electrons. The monoisotopic (exact) mass is 222 g/mol. The third kappa shape index (κ3) is 2.62. The van der Waals surface area contributed by atoms with Crippen molar-refractivity contribution < 1.29 is 0 Å². The van der Waals surface area contributed by atoms with Crippen LogP contribution in [0.3, 0.4) is 0 Å². The van der Waals surface area contributed by atoms with Crippen LogP contribution in [0, 0.1) is 0 Å². The fourth-order valence-electron chi connectivity index (χ4n) is 2.20. The van der Waals surface area contributed by atoms with Gasteiger partial charge in [0.25, 0.3) is 0 Å². The molecule has 0 atom stereocenters. The summed E-state index contributed by atoms with van der Waals surface area (Å²) in [5.41, 5.74) is 6.98. The molecule has 0 spiro atoms. The predicted molar refractivity (Wildman–Crippen MR) is 65.0 cm³/mol. The topological polar surface area (TPSA) is 47.1 Å². The van der Waals surface area contributed by atoms with Crippen LogP contribution in [0.4, 0.5) is 0 Å². The molecule has 4 nitrogen and oxygen atoms in total. The summed E-state index contributed by atoms with van der Waals surface area (Å²) in [6.45, 7) is 5.81. The van der Waals surface area contributed by atoms with Crippen molar-refractivity contribution in [3.63, 3.8) is 0 Å². The van der Waals surface area contributed by atoms with Gasteiger partial charge in [-0.25, -0.2) is 0 Å². The fourth-order valence-corrected chi connectivity index (χ4v) is 2.20. The van der Waals surface area contributed by atoms with E-state index in [1.807, 2.05) is 10.9 Å². The van der Waals surface area contributed by atoms with Gasteiger partial charge in [-0.15, -0.1) is 0 Å². The maximum absolute atomic E-state index is 5.67. The average Bonchev–Trinajstić information content (AvgIpc) is 2.63. The lowest BCUT2D eigenvalue weighted by Crippen LogP contribution is -2.42. The fraction of sp³-hybridized carbons (Fsp3) is 0.750. The van der Waals surface area contributed by atoms with Crippen LogP contribution in [-0.4, -0.2) is 33.8 Å². The highest BCUT2D eigenvalue weighted by molar-refractivity contribution is 5.04. The van der Waals surface area contributed by atoms with E-state index in [0.29, 0.717) is 0 Å². The Balaban J connectivity index is 1.93. The molecule has 0 aliphatic heterocycles. The second-order valence-electron chi connectivity index (χ2n) is 4.55. The molecule has 1 aromatic heterocycles. The molecule has 0 amide bonds. The predicted octanol–water partition coefficient (Wildman–Crippen LogP) is 1.22. The lowest BCUT2D eigenvalue weighted by atomic mass is 9.91. The molecular formula is C12H22N4. The van der Waals surface area contributed by atoms with E-state index in [2.05, 4.69) is 23.1 Å². The number of nitrogens with zero attached hydrogens (tertiary/aromatic N) is 3. The van der Waals surface area contributed by atoms with E-state index in [1.165, 1.54) is 24.8 Å². The number of nitrogens with two attached hydrogens (primary N) is 1. The minimum Gasteiger partial charge on any atom is -0.329 e. The quantitative estimate of drug-likeness (QED) is 0.787. The first-order valence-corrected chi connectivity index (χ1v) is 6.29. The normalized spacial score (nSPS) is 16.7. The summed E-state index contributed by atoms with van der Waals surface area (Å²) in [6.07, 6.45) is 8.16. The zero-order chi connectivity index (χ0) is 11.4. The summed E-state index contributed by atoms with van der Waals surface area (Å²) in [6, 6.07) is 0.758. The molecule has 1 aliphatic carbocycles. The summed E-state index contributed by atoms with van der Waals surface area (Å²) in [5, 5.41) is 4.31. The average molecular weight is 222 g/mol. The molecule has 4 heteroatoms. The maximum Gasteiger partial charge on any atom is 0.0534 e. The third-order valence-electron chi connectivity index (χ3n) is 3.40. The van der Waals surface area contributed by atoms with E-state index < -0.39 is 0 Å². The molecule has 2 rings (SSSR count). The van der Waals surface area contributed by atoms with E-state index in [4.69, 9.17) is 5.73 Å². The highest BCUT2D eigenvalue weighted by Crippen LogP contribution is 2.25. The molecule has 16 heavy (non-hydrogen) atoms. The third-order valence-corrected chi connectivity index (χ3v) is 3.40. The molecule has 1 aromatic rings. The molecule has 0 saturated heterocycles. The van der Waals surface area contributed by atoms with E-state index in [9.17, 15) is 0 Å². The summed E-state index contributed by atoms with van der Waals surface area (Å²) < 4.78 is 1.98. The Morgan fingerprint density at radius 2 is 2.38 bits per heavy atom. The Bertz CT molecular complexity index is 317. The largest absolute Gasteiger partial charge is 0.329 e. The van der Waals surface area contributed by atoms with Gasteiger partial charge in [-0.3, -0.25) is 9.58 Å². The molecular weight excluding hydrogens is 200 g/mol. The first-order chi connectivity index (χ1) is 7.83. The van der Waals surface area contributed by atoms with Crippen LogP contribution in [0.5, 0.6) is 0 Å². The van der Waals surface area contributed by atoms with Gasteiger partial charge in [-0.1, -0.05) is 6.42 Å². The molecule has 0 aromatic carbocycles. The van der Waals surface area contributed by atoms with Gasteiger partial charge in [-0.2, -0.15) is 5.10 Å². The van der Waals surface area contributed by atoms with Crippen molar-refractivity contribution in [1.29, 1.82) is 0 Å². The van der Waals surface area contributed by atoms with Crippen molar-refractivity contribution in [2.24, 2.45) is 5.73 Å². The summed E-state index contributed by atoms with van der Waals surface area (Å²) in [7, 11) is 0. The zero-order valence-electron chi connectivity index (χ0n) is 10.1. The van der Waals surface area contributed by atoms with Gasteiger partial charge < -0.3 is 5.73 Å². The summed E-state index contributed by atoms with van der Waals surface area (Å²) in [4.78, 5) is 2.50. The molecule has 1 aliphatic rings. The van der Waals surface area contributed by atoms with E-state index in [-0.39, 0.29) is 0 Å². The first kappa shape index (κ1) is 11.6. The van der Waals surface area contributed by atoms with Gasteiger partial charge in [0.15, 0.2) is 0 Å². The minimum absolute atomic E-state index is 0.748. The van der Waals surface area contributed by atoms with Crippen molar-refractivity contribution in [2.75, 3.05) is 13.1 Å². The number of hydrogen-bond donors (Lipinski definition) is 1. The summed E-state index contributed by atoms with van der Waals surface area (Å²) in [5.74, 6) is 0. The lowest BCUT2D eigenvalue weighted by Gasteiger charge is -2.37. The van der Waals surface area contributed by atoms with Crippen LogP contribution < -0.4 is 5.73 Å². The molecule has 2 N–H and O–H groups in total. The van der Waals surface area contributed by atoms with Crippen molar-refractivity contribution in [2.45, 2.75) is 45.3 Å². The van der Waals surface area contributed by atoms with E-state index in [1.54, 1.807) is 0 Å². The van der Waals surface area contributed by atoms with Crippen LogP contribution in [0.2, 0.25) is 0 Å². The van der Waals surface area contributed by atoms with Gasteiger partial charge in [0.1, 0.15) is 0 Å². The van der Waals surface area contributed by atoms with E-state index in [0.717, 1.165) is 32.2 Å². The first-order valence-electron chi connectivity index (χ1n) is 6.29. The second-order valence-corrected chi connectivity index (χ2v) is 4.55. The minimum atomic E-state index is 0.748. The molecule has 90 valence electrons. The molecule has 1 saturated carbocycles. The molecule has 1 heterocycles. The van der Waals surface area contributed by atoms with Gasteiger partial charge in [0.05, 0.1) is 6.20 Å². The van der Waals surface area contributed by atoms with Gasteiger partial charge >= 0.3 is 0 Å². The Morgan fingerprint density at radius 1 is 1.56 bits per heavy atom. The summed E-state index contributed by atoms with van der Waals surface area (Å²) >= 11 is 0. The Kier molecular flexibility index (Phi) is 3.96. The molecule has 1 fully saturated rings. The number of aromatic nitrogens is 2. The number of rotatable bonds is 6. The van der Waals surface area contributed by atoms with Crippen LogP contribution >= 0.6 is 0 Å². The smallest absolute Gasteiger partial charge is 0.0534 e. The SMILES string of the molecule is CCn1cc(CN(CCN)C2CCC2)cn1. The van der Waals surface area contributed by atoms with Crippen molar-refractivity contribution in [1.82, 2.24) is 14.7 Å². The second kappa shape index (κ2) is 5.46. The molecule has 0 unspecified atom stereocenters. The van der Waals surface area contributed by atoms with Crippen LogP contribution in [0.1, 0.15) is 31.7 Å². The van der Waals surface area contributed by atoms with Gasteiger partial charge in [-0.05, 0) is 19.8 Å². The van der Waals surface area contributed by atoms with Crippen LogP contribution in [-0.2, 0) is 13.1 Å². The zero-order valence-corrected chi connectivity index (χ0v) is 10.1. The Labute approximate surface area is 97.4 Å².